The quantitative estimate of drug-likeness (QED) is 0.427. The van der Waals surface area contributed by atoms with Crippen LogP contribution in [-0.2, 0) is 6.23 Å². The van der Waals surface area contributed by atoms with E-state index in [1.165, 1.54) is 44.0 Å². The topological polar surface area (TPSA) is 0 Å². The second-order valence-electron chi connectivity index (χ2n) is 9.03. The van der Waals surface area contributed by atoms with E-state index in [4.69, 9.17) is 6.42 Å². The van der Waals surface area contributed by atoms with E-state index in [1.54, 1.807) is 0 Å². The maximum atomic E-state index is 5.99. The van der Waals surface area contributed by atoms with E-state index >= 15 is 0 Å². The predicted octanol–water partition coefficient (Wildman–Crippen LogP) is 3.38. The summed E-state index contributed by atoms with van der Waals surface area (Å²) < 4.78 is 0.750. The van der Waals surface area contributed by atoms with Crippen LogP contribution in [0.2, 0.25) is 48.4 Å². The van der Waals surface area contributed by atoms with E-state index < -0.39 is 6.23 Å². The van der Waals surface area contributed by atoms with Crippen molar-refractivity contribution in [2.75, 3.05) is 0 Å². The third-order valence-electron chi connectivity index (χ3n) is 13.5. The molecule has 10 aliphatic heterocycles. The van der Waals surface area contributed by atoms with Gasteiger partial charge in [0.15, 0.2) is 0 Å². The van der Waals surface area contributed by atoms with Crippen LogP contribution in [0.15, 0.2) is 0 Å². The zero-order chi connectivity index (χ0) is 7.72. The van der Waals surface area contributed by atoms with Crippen LogP contribution in [0.3, 0.4) is 0 Å². The third-order valence-corrected chi connectivity index (χ3v) is 51.2. The van der Waals surface area contributed by atoms with Gasteiger partial charge in [-0.3, -0.25) is 0 Å². The Hall–Kier alpha value is 0.0535. The average Bonchev–Trinajstić information content (AvgIpc) is 3.12. The molecule has 10 saturated heterocycles. The molecular weight excluding hydrogens is 203 g/mol. The van der Waals surface area contributed by atoms with Gasteiger partial charge in [-0.25, -0.2) is 0 Å². The van der Waals surface area contributed by atoms with E-state index in [9.17, 15) is 0 Å². The molecule has 10 heterocycles. The van der Waals surface area contributed by atoms with E-state index in [2.05, 4.69) is 5.92 Å². The number of rotatable bonds is 0. The Bertz CT molecular complexity index is 834. The monoisotopic (exact) mass is 212 g/mol. The summed E-state index contributed by atoms with van der Waals surface area (Å²) in [5.41, 5.74) is 0. The summed E-state index contributed by atoms with van der Waals surface area (Å²) in [5.74, 6) is 3.45. The molecule has 0 saturated carbocycles. The Labute approximate surface area is 67.2 Å². The van der Waals surface area contributed by atoms with Gasteiger partial charge in [-0.1, -0.05) is 0 Å². The zero-order valence-corrected chi connectivity index (χ0v) is 8.08. The van der Waals surface area contributed by atoms with Gasteiger partial charge in [0.1, 0.15) is 0 Å². The van der Waals surface area contributed by atoms with Crippen molar-refractivity contribution in [3.8, 4) is 12.3 Å². The van der Waals surface area contributed by atoms with Gasteiger partial charge >= 0.3 is 66.9 Å². The van der Waals surface area contributed by atoms with Gasteiger partial charge in [0.25, 0.3) is 0 Å². The maximum absolute atomic E-state index is 5.99. The predicted molar refractivity (Wildman–Crippen MR) is 45.3 cm³/mol. The molecule has 0 aromatic heterocycles. The summed E-state index contributed by atoms with van der Waals surface area (Å²) >= 11 is 0. The van der Waals surface area contributed by atoms with Crippen molar-refractivity contribution in [2.45, 2.75) is 48.4 Å². The minimum atomic E-state index is -2.55. The summed E-state index contributed by atoms with van der Waals surface area (Å²) in [6.45, 7) is 0. The molecule has 0 aromatic carbocycles. The first-order valence-corrected chi connectivity index (χ1v) is 11.2. The second kappa shape index (κ2) is 0.236. The first kappa shape index (κ1) is 3.90. The van der Waals surface area contributed by atoms with Crippen LogP contribution < -0.4 is 0 Å². The van der Waals surface area contributed by atoms with Crippen molar-refractivity contribution in [2.24, 2.45) is 0 Å². The van der Waals surface area contributed by atoms with Gasteiger partial charge in [0.05, 0.1) is 0 Å². The Morgan fingerprint density at radius 1 is 0.846 bits per heavy atom. The van der Waals surface area contributed by atoms with Crippen molar-refractivity contribution in [1.82, 2.24) is 0 Å². The molecule has 4 unspecified atom stereocenters. The SMILES string of the molecule is C#C[C]12[CH]3[CH]4[CH]5[CH]1[Ni]45321678[CH]2[CH]1[CH]6[CH]7[CH]28. The second-order valence-corrected chi connectivity index (χ2v) is 30.1. The molecule has 4 atom stereocenters. The molecule has 0 aliphatic carbocycles. The molecule has 0 N–H and O–H groups in total. The molecule has 0 radical (unpaired) electrons. The first-order valence-electron chi connectivity index (χ1n) is 5.58. The van der Waals surface area contributed by atoms with Gasteiger partial charge in [-0.2, -0.15) is 0 Å². The average molecular weight is 213 g/mol. The van der Waals surface area contributed by atoms with Gasteiger partial charge in [-0.15, -0.1) is 0 Å². The Morgan fingerprint density at radius 3 is 1.38 bits per heavy atom. The van der Waals surface area contributed by atoms with Gasteiger partial charge in [-0.05, 0) is 0 Å². The van der Waals surface area contributed by atoms with Crippen LogP contribution >= 0.6 is 0 Å². The van der Waals surface area contributed by atoms with Gasteiger partial charge in [0, 0.05) is 0 Å². The number of terminal acetylenes is 1. The van der Waals surface area contributed by atoms with Crippen LogP contribution in [0.5, 0.6) is 0 Å². The number of fused-ring (bicyclic) bond motifs is 10. The number of hydrogen-bond donors (Lipinski definition) is 0. The van der Waals surface area contributed by atoms with E-state index in [0.717, 1.165) is 4.38 Å². The van der Waals surface area contributed by atoms with E-state index in [-0.39, 0.29) is 0 Å². The van der Waals surface area contributed by atoms with Crippen LogP contribution in [0.1, 0.15) is 0 Å². The fraction of sp³-hybridized carbons (Fsp3) is 0.833. The van der Waals surface area contributed by atoms with Crippen molar-refractivity contribution in [1.29, 1.82) is 0 Å². The van der Waals surface area contributed by atoms with Crippen molar-refractivity contribution >= 4 is 0 Å². The summed E-state index contributed by atoms with van der Waals surface area (Å²) in [6.07, 6.45) is 3.43. The van der Waals surface area contributed by atoms with Gasteiger partial charge < -0.3 is 0 Å². The fourth-order valence-corrected chi connectivity index (χ4v) is 77.3. The molecule has 10 aliphatic rings. The Morgan fingerprint density at radius 2 is 1.31 bits per heavy atom. The zero-order valence-electron chi connectivity index (χ0n) is 7.09. The fourth-order valence-electron chi connectivity index (χ4n) is 14.7. The molecule has 10 fully saturated rings. The van der Waals surface area contributed by atoms with Crippen LogP contribution in [-0.4, -0.2) is 0 Å². The molecular formula is C12H10Ni. The summed E-state index contributed by atoms with van der Waals surface area (Å²) in [6, 6.07) is 0. The van der Waals surface area contributed by atoms with Crippen molar-refractivity contribution in [3.63, 3.8) is 0 Å². The van der Waals surface area contributed by atoms with E-state index in [1.807, 2.05) is 0 Å². The molecule has 0 bridgehead atoms. The molecule has 0 aromatic rings. The summed E-state index contributed by atoms with van der Waals surface area (Å²) in [4.78, 5) is 12.5. The molecule has 0 nitrogen and oxygen atoms in total. The molecule has 13 heavy (non-hydrogen) atoms. The standard InChI is InChI=1S/C7H5.C5H5.Ni/c1-2-7-5-3-4-6-7;1-2-4-5-3-1;/h1,3-6H;1-5H;. The molecule has 68 valence electrons. The van der Waals surface area contributed by atoms with Crippen LogP contribution in [0.25, 0.3) is 0 Å². The van der Waals surface area contributed by atoms with Crippen LogP contribution in [0, 0.1) is 12.3 Å². The first-order chi connectivity index (χ1) is 6.11. The van der Waals surface area contributed by atoms with Gasteiger partial charge in [0.2, 0.25) is 0 Å². The molecule has 1 heteroatoms. The summed E-state index contributed by atoms with van der Waals surface area (Å²) in [5, 5.41) is 0. The normalized spacial score (nSPS) is 151. The molecule has 1 spiro atoms. The number of hydrogen-bond acceptors (Lipinski definition) is 0. The van der Waals surface area contributed by atoms with Crippen LogP contribution in [0.4, 0.5) is 0 Å². The van der Waals surface area contributed by atoms with E-state index in [0.29, 0.717) is 0 Å². The summed E-state index contributed by atoms with van der Waals surface area (Å²) in [7, 11) is 0. The molecule has 10 rings (SSSR count). The third kappa shape index (κ3) is 0.0261. The Kier molecular flexibility index (Phi) is 0.0707. The Balaban J connectivity index is 2.16. The van der Waals surface area contributed by atoms with Crippen molar-refractivity contribution in [3.05, 3.63) is 0 Å². The minimum absolute atomic E-state index is 0.750. The molecule has 0 amide bonds. The van der Waals surface area contributed by atoms with Crippen molar-refractivity contribution < 1.29 is 6.23 Å².